The van der Waals surface area contributed by atoms with E-state index >= 15 is 0 Å². The molecule has 1 heterocycles. The molecule has 1 aromatic carbocycles. The summed E-state index contributed by atoms with van der Waals surface area (Å²) in [4.78, 5) is 0. The molecule has 1 saturated heterocycles. The first-order valence-corrected chi connectivity index (χ1v) is 7.17. The van der Waals surface area contributed by atoms with Crippen LogP contribution in [0.4, 0.5) is 0 Å². The summed E-state index contributed by atoms with van der Waals surface area (Å²) < 4.78 is 5.65. The number of benzene rings is 1. The minimum atomic E-state index is 0.0575. The molecule has 2 unspecified atom stereocenters. The molecule has 1 aliphatic heterocycles. The lowest BCUT2D eigenvalue weighted by atomic mass is 9.84. The van der Waals surface area contributed by atoms with Crippen molar-refractivity contribution in [1.29, 1.82) is 0 Å². The molecule has 106 valence electrons. The Hall–Kier alpha value is -1.06. The second-order valence-corrected chi connectivity index (χ2v) is 5.71. The molecular formula is C16H26N2O. The van der Waals surface area contributed by atoms with Gasteiger partial charge in [-0.25, -0.2) is 0 Å². The van der Waals surface area contributed by atoms with Crippen LogP contribution in [0.2, 0.25) is 0 Å². The third kappa shape index (κ3) is 2.77. The molecule has 0 amide bonds. The zero-order chi connectivity index (χ0) is 14.0. The van der Waals surface area contributed by atoms with Crippen molar-refractivity contribution in [2.45, 2.75) is 39.7 Å². The first kappa shape index (κ1) is 14.4. The summed E-state index contributed by atoms with van der Waals surface area (Å²) in [5.74, 6) is 1.49. The van der Waals surface area contributed by atoms with Gasteiger partial charge >= 0.3 is 0 Å². The molecule has 2 rings (SSSR count). The fourth-order valence-electron chi connectivity index (χ4n) is 3.17. The number of hydrogen-bond acceptors (Lipinski definition) is 3. The number of nitrogens with one attached hydrogen (secondary N) is 1. The zero-order valence-corrected chi connectivity index (χ0v) is 12.5. The topological polar surface area (TPSA) is 47.3 Å². The maximum Gasteiger partial charge on any atom is 0.127 e. The van der Waals surface area contributed by atoms with Crippen LogP contribution >= 0.6 is 0 Å². The maximum atomic E-state index is 6.55. The zero-order valence-electron chi connectivity index (χ0n) is 12.5. The van der Waals surface area contributed by atoms with Gasteiger partial charge in [0.25, 0.3) is 0 Å². The molecule has 0 radical (unpaired) electrons. The van der Waals surface area contributed by atoms with Gasteiger partial charge in [0.05, 0.1) is 7.11 Å². The van der Waals surface area contributed by atoms with Gasteiger partial charge in [-0.3, -0.25) is 0 Å². The number of rotatable bonds is 3. The molecule has 1 aliphatic rings. The van der Waals surface area contributed by atoms with Crippen molar-refractivity contribution >= 4 is 0 Å². The van der Waals surface area contributed by atoms with E-state index in [4.69, 9.17) is 10.5 Å². The fraction of sp³-hybridized carbons (Fsp3) is 0.625. The highest BCUT2D eigenvalue weighted by Gasteiger charge is 2.26. The standard InChI is InChI=1S/C16H26N2O/c1-10-8-11(2)14(16(19-4)12(10)3)15(17)13-6-5-7-18-9-13/h8,13,15,18H,5-7,9,17H2,1-4H3. The quantitative estimate of drug-likeness (QED) is 0.880. The minimum Gasteiger partial charge on any atom is -0.496 e. The molecule has 0 aromatic heterocycles. The van der Waals surface area contributed by atoms with E-state index < -0.39 is 0 Å². The van der Waals surface area contributed by atoms with E-state index in [1.54, 1.807) is 7.11 Å². The Bertz CT molecular complexity index is 451. The van der Waals surface area contributed by atoms with E-state index in [0.717, 1.165) is 18.8 Å². The average Bonchev–Trinajstić information content (AvgIpc) is 2.42. The lowest BCUT2D eigenvalue weighted by Gasteiger charge is -2.31. The Kier molecular flexibility index (Phi) is 4.48. The van der Waals surface area contributed by atoms with E-state index in [2.05, 4.69) is 32.2 Å². The van der Waals surface area contributed by atoms with Crippen LogP contribution in [0, 0.1) is 26.7 Å². The van der Waals surface area contributed by atoms with Crippen LogP contribution in [0.25, 0.3) is 0 Å². The molecule has 3 heteroatoms. The summed E-state index contributed by atoms with van der Waals surface area (Å²) >= 11 is 0. The van der Waals surface area contributed by atoms with E-state index in [1.807, 2.05) is 0 Å². The Morgan fingerprint density at radius 3 is 2.63 bits per heavy atom. The van der Waals surface area contributed by atoms with Crippen LogP contribution in [-0.2, 0) is 0 Å². The van der Waals surface area contributed by atoms with Crippen LogP contribution in [0.5, 0.6) is 5.75 Å². The van der Waals surface area contributed by atoms with Gasteiger partial charge in [0.2, 0.25) is 0 Å². The Labute approximate surface area is 116 Å². The van der Waals surface area contributed by atoms with Crippen molar-refractivity contribution in [3.8, 4) is 5.75 Å². The van der Waals surface area contributed by atoms with Crippen LogP contribution in [0.3, 0.4) is 0 Å². The highest BCUT2D eigenvalue weighted by atomic mass is 16.5. The van der Waals surface area contributed by atoms with Crippen molar-refractivity contribution in [3.05, 3.63) is 28.3 Å². The van der Waals surface area contributed by atoms with Crippen LogP contribution in [-0.4, -0.2) is 20.2 Å². The molecule has 3 nitrogen and oxygen atoms in total. The number of ether oxygens (including phenoxy) is 1. The molecule has 0 saturated carbocycles. The second-order valence-electron chi connectivity index (χ2n) is 5.71. The van der Waals surface area contributed by atoms with Crippen LogP contribution in [0.15, 0.2) is 6.07 Å². The highest BCUT2D eigenvalue weighted by molar-refractivity contribution is 5.51. The number of aryl methyl sites for hydroxylation is 2. The molecule has 3 N–H and O–H groups in total. The van der Waals surface area contributed by atoms with E-state index in [0.29, 0.717) is 5.92 Å². The summed E-state index contributed by atoms with van der Waals surface area (Å²) in [6.45, 7) is 8.51. The third-order valence-corrected chi connectivity index (χ3v) is 4.41. The number of methoxy groups -OCH3 is 1. The monoisotopic (exact) mass is 262 g/mol. The number of piperidine rings is 1. The third-order valence-electron chi connectivity index (χ3n) is 4.41. The van der Waals surface area contributed by atoms with Crippen LogP contribution in [0.1, 0.15) is 41.1 Å². The Morgan fingerprint density at radius 2 is 2.05 bits per heavy atom. The summed E-state index contributed by atoms with van der Waals surface area (Å²) in [6.07, 6.45) is 2.41. The minimum absolute atomic E-state index is 0.0575. The van der Waals surface area contributed by atoms with E-state index in [1.165, 1.54) is 35.1 Å². The van der Waals surface area contributed by atoms with Crippen LogP contribution < -0.4 is 15.8 Å². The van der Waals surface area contributed by atoms with Crippen molar-refractivity contribution < 1.29 is 4.74 Å². The molecule has 0 spiro atoms. The predicted octanol–water partition coefficient (Wildman–Crippen LogP) is 2.62. The number of hydrogen-bond donors (Lipinski definition) is 2. The molecule has 2 atom stereocenters. The lowest BCUT2D eigenvalue weighted by Crippen LogP contribution is -2.36. The SMILES string of the molecule is COc1c(C)c(C)cc(C)c1C(N)C1CCCNC1. The largest absolute Gasteiger partial charge is 0.496 e. The van der Waals surface area contributed by atoms with E-state index in [9.17, 15) is 0 Å². The highest BCUT2D eigenvalue weighted by Crippen LogP contribution is 2.37. The average molecular weight is 262 g/mol. The predicted molar refractivity (Wildman–Crippen MR) is 79.7 cm³/mol. The molecule has 19 heavy (non-hydrogen) atoms. The Morgan fingerprint density at radius 1 is 1.32 bits per heavy atom. The second kappa shape index (κ2) is 5.93. The summed E-state index contributed by atoms with van der Waals surface area (Å²) in [5.41, 5.74) is 11.5. The lowest BCUT2D eigenvalue weighted by molar-refractivity contribution is 0.316. The summed E-state index contributed by atoms with van der Waals surface area (Å²) in [6, 6.07) is 2.28. The molecule has 0 bridgehead atoms. The fourth-order valence-corrected chi connectivity index (χ4v) is 3.17. The molecule has 0 aliphatic carbocycles. The molecular weight excluding hydrogens is 236 g/mol. The van der Waals surface area contributed by atoms with Crippen molar-refractivity contribution in [2.24, 2.45) is 11.7 Å². The van der Waals surface area contributed by atoms with Crippen molar-refractivity contribution in [2.75, 3.05) is 20.2 Å². The first-order chi connectivity index (χ1) is 9.06. The van der Waals surface area contributed by atoms with Gasteiger partial charge in [-0.1, -0.05) is 6.07 Å². The summed E-state index contributed by atoms with van der Waals surface area (Å²) in [5, 5.41) is 3.45. The molecule has 1 aromatic rings. The van der Waals surface area contributed by atoms with Crippen molar-refractivity contribution in [1.82, 2.24) is 5.32 Å². The normalized spacial score (nSPS) is 21.2. The number of nitrogens with two attached hydrogens (primary N) is 1. The van der Waals surface area contributed by atoms with Gasteiger partial charge in [-0.15, -0.1) is 0 Å². The van der Waals surface area contributed by atoms with E-state index in [-0.39, 0.29) is 6.04 Å². The first-order valence-electron chi connectivity index (χ1n) is 7.17. The Balaban J connectivity index is 2.39. The maximum absolute atomic E-state index is 6.55. The van der Waals surface area contributed by atoms with Gasteiger partial charge in [0, 0.05) is 11.6 Å². The van der Waals surface area contributed by atoms with Crippen molar-refractivity contribution in [3.63, 3.8) is 0 Å². The van der Waals surface area contributed by atoms with Gasteiger partial charge in [-0.2, -0.15) is 0 Å². The smallest absolute Gasteiger partial charge is 0.127 e. The van der Waals surface area contributed by atoms with Gasteiger partial charge in [0.15, 0.2) is 0 Å². The van der Waals surface area contributed by atoms with Gasteiger partial charge < -0.3 is 15.8 Å². The molecule has 1 fully saturated rings. The summed E-state index contributed by atoms with van der Waals surface area (Å²) in [7, 11) is 1.75. The van der Waals surface area contributed by atoms with Gasteiger partial charge in [0.1, 0.15) is 5.75 Å². The van der Waals surface area contributed by atoms with Gasteiger partial charge in [-0.05, 0) is 69.3 Å².